The van der Waals surface area contributed by atoms with Gasteiger partial charge in [0.2, 0.25) is 0 Å². The SMILES string of the molecule is CCOC(=O)CC[C@H]1CNCC[C@H]1CCOc1cccc2ncc(OC)cc12. The Morgan fingerprint density at radius 2 is 2.18 bits per heavy atom. The number of piperidine rings is 1. The monoisotopic (exact) mass is 386 g/mol. The second-order valence-electron chi connectivity index (χ2n) is 7.19. The molecule has 3 rings (SSSR count). The third kappa shape index (κ3) is 5.35. The first-order chi connectivity index (χ1) is 13.7. The Morgan fingerprint density at radius 1 is 1.29 bits per heavy atom. The highest BCUT2D eigenvalue weighted by molar-refractivity contribution is 5.86. The van der Waals surface area contributed by atoms with Crippen LogP contribution in [-0.2, 0) is 9.53 Å². The summed E-state index contributed by atoms with van der Waals surface area (Å²) in [6.07, 6.45) is 5.16. The lowest BCUT2D eigenvalue weighted by molar-refractivity contribution is -0.143. The maximum atomic E-state index is 11.7. The summed E-state index contributed by atoms with van der Waals surface area (Å²) >= 11 is 0. The average molecular weight is 386 g/mol. The number of nitrogens with zero attached hydrogens (tertiary/aromatic N) is 1. The zero-order chi connectivity index (χ0) is 19.8. The summed E-state index contributed by atoms with van der Waals surface area (Å²) in [5.41, 5.74) is 0.896. The first kappa shape index (κ1) is 20.4. The van der Waals surface area contributed by atoms with E-state index in [9.17, 15) is 4.79 Å². The van der Waals surface area contributed by atoms with E-state index in [0.29, 0.717) is 31.5 Å². The summed E-state index contributed by atoms with van der Waals surface area (Å²) in [6.45, 7) is 4.93. The van der Waals surface area contributed by atoms with Gasteiger partial charge in [-0.25, -0.2) is 0 Å². The lowest BCUT2D eigenvalue weighted by atomic mass is 9.81. The number of ether oxygens (including phenoxy) is 3. The molecule has 0 radical (unpaired) electrons. The van der Waals surface area contributed by atoms with E-state index in [1.54, 1.807) is 13.3 Å². The molecule has 1 saturated heterocycles. The molecule has 0 bridgehead atoms. The molecule has 0 amide bonds. The molecule has 28 heavy (non-hydrogen) atoms. The summed E-state index contributed by atoms with van der Waals surface area (Å²) in [5.74, 6) is 2.50. The number of carbonyl (C=O) groups is 1. The van der Waals surface area contributed by atoms with Gasteiger partial charge in [0.25, 0.3) is 0 Å². The number of carbonyl (C=O) groups excluding carboxylic acids is 1. The van der Waals surface area contributed by atoms with Gasteiger partial charge < -0.3 is 19.5 Å². The van der Waals surface area contributed by atoms with Crippen LogP contribution in [0, 0.1) is 11.8 Å². The number of pyridine rings is 1. The second kappa shape index (κ2) is 10.3. The number of methoxy groups -OCH3 is 1. The molecule has 0 aliphatic carbocycles. The van der Waals surface area contributed by atoms with E-state index in [0.717, 1.165) is 54.8 Å². The van der Waals surface area contributed by atoms with Crippen molar-refractivity contribution >= 4 is 16.9 Å². The molecule has 1 fully saturated rings. The fraction of sp³-hybridized carbons (Fsp3) is 0.545. The second-order valence-corrected chi connectivity index (χ2v) is 7.19. The molecule has 0 unspecified atom stereocenters. The van der Waals surface area contributed by atoms with Crippen LogP contribution in [0.4, 0.5) is 0 Å². The zero-order valence-corrected chi connectivity index (χ0v) is 16.8. The highest BCUT2D eigenvalue weighted by Crippen LogP contribution is 2.30. The minimum Gasteiger partial charge on any atom is -0.495 e. The van der Waals surface area contributed by atoms with Crippen molar-refractivity contribution in [3.8, 4) is 11.5 Å². The maximum absolute atomic E-state index is 11.7. The van der Waals surface area contributed by atoms with Crippen molar-refractivity contribution in [1.29, 1.82) is 0 Å². The first-order valence-corrected chi connectivity index (χ1v) is 10.1. The minimum absolute atomic E-state index is 0.0970. The first-order valence-electron chi connectivity index (χ1n) is 10.1. The Balaban J connectivity index is 1.57. The topological polar surface area (TPSA) is 69.7 Å². The lowest BCUT2D eigenvalue weighted by Crippen LogP contribution is -2.37. The number of fused-ring (bicyclic) bond motifs is 1. The smallest absolute Gasteiger partial charge is 0.305 e. The van der Waals surface area contributed by atoms with Crippen LogP contribution in [0.5, 0.6) is 11.5 Å². The third-order valence-electron chi connectivity index (χ3n) is 5.43. The number of hydrogen-bond donors (Lipinski definition) is 1. The van der Waals surface area contributed by atoms with Crippen LogP contribution in [0.25, 0.3) is 10.9 Å². The Bertz CT molecular complexity index is 780. The Morgan fingerprint density at radius 3 is 3.00 bits per heavy atom. The molecule has 1 aliphatic heterocycles. The quantitative estimate of drug-likeness (QED) is 0.664. The molecule has 6 nitrogen and oxygen atoms in total. The van der Waals surface area contributed by atoms with Crippen LogP contribution < -0.4 is 14.8 Å². The number of rotatable bonds is 9. The van der Waals surface area contributed by atoms with E-state index < -0.39 is 0 Å². The summed E-state index contributed by atoms with van der Waals surface area (Å²) in [6, 6.07) is 7.87. The van der Waals surface area contributed by atoms with E-state index in [4.69, 9.17) is 14.2 Å². The number of nitrogens with one attached hydrogen (secondary N) is 1. The van der Waals surface area contributed by atoms with Crippen molar-refractivity contribution in [2.75, 3.05) is 33.4 Å². The molecule has 2 heterocycles. The summed E-state index contributed by atoms with van der Waals surface area (Å²) in [5, 5.41) is 4.41. The van der Waals surface area contributed by atoms with Crippen LogP contribution in [0.15, 0.2) is 30.5 Å². The van der Waals surface area contributed by atoms with Gasteiger partial charge in [0.1, 0.15) is 11.5 Å². The zero-order valence-electron chi connectivity index (χ0n) is 16.8. The number of hydrogen-bond acceptors (Lipinski definition) is 6. The Labute approximate surface area is 166 Å². The number of benzene rings is 1. The van der Waals surface area contributed by atoms with Crippen molar-refractivity contribution in [2.45, 2.75) is 32.6 Å². The Kier molecular flexibility index (Phi) is 7.48. The molecule has 6 heteroatoms. The van der Waals surface area contributed by atoms with Crippen molar-refractivity contribution in [3.05, 3.63) is 30.5 Å². The van der Waals surface area contributed by atoms with Gasteiger partial charge >= 0.3 is 5.97 Å². The number of aromatic nitrogens is 1. The molecule has 152 valence electrons. The summed E-state index contributed by atoms with van der Waals surface area (Å²) in [7, 11) is 1.64. The lowest BCUT2D eigenvalue weighted by Gasteiger charge is -2.32. The normalized spacial score (nSPS) is 19.4. The molecule has 1 aromatic carbocycles. The van der Waals surface area contributed by atoms with Crippen LogP contribution >= 0.6 is 0 Å². The third-order valence-corrected chi connectivity index (χ3v) is 5.43. The van der Waals surface area contributed by atoms with Crippen LogP contribution in [-0.4, -0.2) is 44.4 Å². The molecule has 1 aromatic heterocycles. The van der Waals surface area contributed by atoms with E-state index in [1.165, 1.54) is 0 Å². The highest BCUT2D eigenvalue weighted by Gasteiger charge is 2.25. The molecule has 2 atom stereocenters. The molecule has 1 N–H and O–H groups in total. The van der Waals surface area contributed by atoms with Crippen molar-refractivity contribution in [3.63, 3.8) is 0 Å². The van der Waals surface area contributed by atoms with Gasteiger partial charge in [0, 0.05) is 11.8 Å². The van der Waals surface area contributed by atoms with E-state index in [1.807, 2.05) is 31.2 Å². The standard InChI is InChI=1S/C22H30N2O4/c1-3-27-22(25)8-7-17-14-23-11-9-16(17)10-12-28-21-6-4-5-20-19(21)13-18(26-2)15-24-20/h4-6,13,15-17,23H,3,7-12,14H2,1-2H3/t16-,17-/m0/s1. The minimum atomic E-state index is -0.0970. The van der Waals surface area contributed by atoms with E-state index in [-0.39, 0.29) is 5.97 Å². The van der Waals surface area contributed by atoms with Gasteiger partial charge in [0.05, 0.1) is 32.0 Å². The molecule has 0 saturated carbocycles. The van der Waals surface area contributed by atoms with Gasteiger partial charge in [-0.1, -0.05) is 6.07 Å². The van der Waals surface area contributed by atoms with Crippen LogP contribution in [0.1, 0.15) is 32.6 Å². The average Bonchev–Trinajstić information content (AvgIpc) is 2.73. The predicted molar refractivity (Wildman–Crippen MR) is 109 cm³/mol. The van der Waals surface area contributed by atoms with Crippen LogP contribution in [0.2, 0.25) is 0 Å². The summed E-state index contributed by atoms with van der Waals surface area (Å²) in [4.78, 5) is 16.1. The predicted octanol–water partition coefficient (Wildman–Crippen LogP) is 3.58. The molecular weight excluding hydrogens is 356 g/mol. The largest absolute Gasteiger partial charge is 0.495 e. The van der Waals surface area contributed by atoms with Gasteiger partial charge in [0.15, 0.2) is 0 Å². The Hall–Kier alpha value is -2.34. The van der Waals surface area contributed by atoms with Crippen molar-refractivity contribution < 1.29 is 19.0 Å². The van der Waals surface area contributed by atoms with Gasteiger partial charge in [-0.15, -0.1) is 0 Å². The van der Waals surface area contributed by atoms with Crippen molar-refractivity contribution in [2.24, 2.45) is 11.8 Å². The summed E-state index contributed by atoms with van der Waals surface area (Å²) < 4.78 is 16.5. The molecule has 0 spiro atoms. The molecular formula is C22H30N2O4. The van der Waals surface area contributed by atoms with Gasteiger partial charge in [-0.05, 0) is 69.3 Å². The van der Waals surface area contributed by atoms with Gasteiger partial charge in [-0.3, -0.25) is 9.78 Å². The fourth-order valence-electron chi connectivity index (χ4n) is 3.89. The van der Waals surface area contributed by atoms with Crippen molar-refractivity contribution in [1.82, 2.24) is 10.3 Å². The maximum Gasteiger partial charge on any atom is 0.305 e. The van der Waals surface area contributed by atoms with E-state index >= 15 is 0 Å². The van der Waals surface area contributed by atoms with E-state index in [2.05, 4.69) is 10.3 Å². The van der Waals surface area contributed by atoms with Crippen LogP contribution in [0.3, 0.4) is 0 Å². The highest BCUT2D eigenvalue weighted by atomic mass is 16.5. The molecule has 1 aliphatic rings. The molecule has 2 aromatic rings. The number of esters is 1. The van der Waals surface area contributed by atoms with Gasteiger partial charge in [-0.2, -0.15) is 0 Å². The fourth-order valence-corrected chi connectivity index (χ4v) is 3.89.